The van der Waals surface area contributed by atoms with E-state index in [1.54, 1.807) is 0 Å². The zero-order chi connectivity index (χ0) is 12.2. The summed E-state index contributed by atoms with van der Waals surface area (Å²) in [4.78, 5) is 0. The van der Waals surface area contributed by atoms with Gasteiger partial charge in [-0.25, -0.2) is 0 Å². The van der Waals surface area contributed by atoms with E-state index in [1.165, 1.54) is 19.3 Å². The second-order valence-corrected chi connectivity index (χ2v) is 6.52. The number of rotatable bonds is 5. The van der Waals surface area contributed by atoms with Crippen molar-refractivity contribution in [2.75, 3.05) is 13.2 Å². The van der Waals surface area contributed by atoms with Gasteiger partial charge in [-0.15, -0.1) is 0 Å². The number of aliphatic hydroxyl groups is 1. The van der Waals surface area contributed by atoms with E-state index >= 15 is 0 Å². The molecule has 1 aliphatic rings. The van der Waals surface area contributed by atoms with E-state index in [4.69, 9.17) is 5.11 Å². The van der Waals surface area contributed by atoms with Gasteiger partial charge in [0.25, 0.3) is 0 Å². The maximum atomic E-state index is 8.87. The zero-order valence-electron chi connectivity index (χ0n) is 11.4. The molecule has 1 aliphatic carbocycles. The minimum Gasteiger partial charge on any atom is -0.396 e. The number of aliphatic hydroxyl groups excluding tert-OH is 1. The van der Waals surface area contributed by atoms with Crippen molar-refractivity contribution in [2.45, 2.75) is 59.4 Å². The van der Waals surface area contributed by atoms with Crippen molar-refractivity contribution in [2.24, 2.45) is 17.3 Å². The van der Waals surface area contributed by atoms with Crippen LogP contribution in [-0.4, -0.2) is 24.3 Å². The summed E-state index contributed by atoms with van der Waals surface area (Å²) in [7, 11) is 0. The van der Waals surface area contributed by atoms with Crippen molar-refractivity contribution in [3.8, 4) is 0 Å². The molecule has 0 aromatic rings. The van der Waals surface area contributed by atoms with Gasteiger partial charge in [0.2, 0.25) is 0 Å². The SMILES string of the molecule is CC(CCO)CNC1CCC(C)(C)CC1C. The molecule has 0 heterocycles. The van der Waals surface area contributed by atoms with E-state index in [2.05, 4.69) is 33.0 Å². The molecule has 0 saturated heterocycles. The summed E-state index contributed by atoms with van der Waals surface area (Å²) >= 11 is 0. The van der Waals surface area contributed by atoms with Crippen LogP contribution >= 0.6 is 0 Å². The average molecular weight is 227 g/mol. The highest BCUT2D eigenvalue weighted by molar-refractivity contribution is 4.86. The molecular weight excluding hydrogens is 198 g/mol. The summed E-state index contributed by atoms with van der Waals surface area (Å²) in [5.41, 5.74) is 0.536. The molecule has 0 aliphatic heterocycles. The monoisotopic (exact) mass is 227 g/mol. The fourth-order valence-corrected chi connectivity index (χ4v) is 2.92. The Morgan fingerprint density at radius 1 is 1.44 bits per heavy atom. The van der Waals surface area contributed by atoms with Gasteiger partial charge in [0.1, 0.15) is 0 Å². The van der Waals surface area contributed by atoms with Gasteiger partial charge in [0, 0.05) is 12.6 Å². The predicted octanol–water partition coefficient (Wildman–Crippen LogP) is 2.81. The summed E-state index contributed by atoms with van der Waals surface area (Å²) in [5, 5.41) is 12.5. The Bertz CT molecular complexity index is 203. The predicted molar refractivity (Wildman–Crippen MR) is 69.5 cm³/mol. The molecule has 2 N–H and O–H groups in total. The highest BCUT2D eigenvalue weighted by atomic mass is 16.3. The number of nitrogens with one attached hydrogen (secondary N) is 1. The quantitative estimate of drug-likeness (QED) is 0.757. The van der Waals surface area contributed by atoms with Gasteiger partial charge < -0.3 is 10.4 Å². The maximum absolute atomic E-state index is 8.87. The summed E-state index contributed by atoms with van der Waals surface area (Å²) < 4.78 is 0. The minimum atomic E-state index is 0.316. The molecule has 0 aromatic heterocycles. The van der Waals surface area contributed by atoms with Gasteiger partial charge in [-0.1, -0.05) is 27.7 Å². The molecule has 2 nitrogen and oxygen atoms in total. The number of hydrogen-bond donors (Lipinski definition) is 2. The molecule has 0 radical (unpaired) electrons. The van der Waals surface area contributed by atoms with Gasteiger partial charge in [0.15, 0.2) is 0 Å². The standard InChI is InChI=1S/C14H29NO/c1-11(6-8-16)10-15-13-5-7-14(3,4)9-12(13)2/h11-13,15-16H,5-10H2,1-4H3. The van der Waals surface area contributed by atoms with Gasteiger partial charge >= 0.3 is 0 Å². The first-order valence-corrected chi connectivity index (χ1v) is 6.79. The smallest absolute Gasteiger partial charge is 0.0434 e. The zero-order valence-corrected chi connectivity index (χ0v) is 11.4. The van der Waals surface area contributed by atoms with E-state index in [1.807, 2.05) is 0 Å². The second-order valence-electron chi connectivity index (χ2n) is 6.52. The first-order valence-electron chi connectivity index (χ1n) is 6.79. The largest absolute Gasteiger partial charge is 0.396 e. The van der Waals surface area contributed by atoms with Crippen LogP contribution in [0.4, 0.5) is 0 Å². The van der Waals surface area contributed by atoms with Crippen molar-refractivity contribution in [3.63, 3.8) is 0 Å². The van der Waals surface area contributed by atoms with Crippen LogP contribution < -0.4 is 5.32 Å². The topological polar surface area (TPSA) is 32.3 Å². The Kier molecular flexibility index (Phi) is 5.26. The molecule has 1 rings (SSSR count). The fraction of sp³-hybridized carbons (Fsp3) is 1.00. The Morgan fingerprint density at radius 3 is 2.69 bits per heavy atom. The normalized spacial score (nSPS) is 31.3. The Labute approximate surface area is 101 Å². The van der Waals surface area contributed by atoms with Gasteiger partial charge in [-0.2, -0.15) is 0 Å². The van der Waals surface area contributed by atoms with Crippen LogP contribution in [0.25, 0.3) is 0 Å². The van der Waals surface area contributed by atoms with Crippen molar-refractivity contribution >= 4 is 0 Å². The van der Waals surface area contributed by atoms with Crippen LogP contribution in [0.2, 0.25) is 0 Å². The molecule has 16 heavy (non-hydrogen) atoms. The first-order chi connectivity index (χ1) is 7.44. The van der Waals surface area contributed by atoms with E-state index in [-0.39, 0.29) is 0 Å². The molecule has 0 amide bonds. The minimum absolute atomic E-state index is 0.316. The molecule has 3 atom stereocenters. The lowest BCUT2D eigenvalue weighted by Gasteiger charge is -2.40. The second kappa shape index (κ2) is 6.02. The van der Waals surface area contributed by atoms with Crippen LogP contribution in [0.1, 0.15) is 53.4 Å². The van der Waals surface area contributed by atoms with E-state index in [0.29, 0.717) is 24.0 Å². The third-order valence-electron chi connectivity index (χ3n) is 4.04. The van der Waals surface area contributed by atoms with Crippen molar-refractivity contribution in [3.05, 3.63) is 0 Å². The van der Waals surface area contributed by atoms with E-state index < -0.39 is 0 Å². The lowest BCUT2D eigenvalue weighted by molar-refractivity contribution is 0.145. The lowest BCUT2D eigenvalue weighted by atomic mass is 9.70. The van der Waals surface area contributed by atoms with Gasteiger partial charge in [0.05, 0.1) is 0 Å². The van der Waals surface area contributed by atoms with E-state index in [0.717, 1.165) is 18.9 Å². The molecule has 1 saturated carbocycles. The van der Waals surface area contributed by atoms with Crippen LogP contribution in [-0.2, 0) is 0 Å². The van der Waals surface area contributed by atoms with Crippen molar-refractivity contribution in [1.82, 2.24) is 5.32 Å². The average Bonchev–Trinajstić information content (AvgIpc) is 2.15. The van der Waals surface area contributed by atoms with E-state index in [9.17, 15) is 0 Å². The molecular formula is C14H29NO. The Balaban J connectivity index is 2.28. The highest BCUT2D eigenvalue weighted by Gasteiger charge is 2.31. The molecule has 0 spiro atoms. The van der Waals surface area contributed by atoms with Crippen LogP contribution in [0.5, 0.6) is 0 Å². The first kappa shape index (κ1) is 14.0. The highest BCUT2D eigenvalue weighted by Crippen LogP contribution is 2.38. The summed E-state index contributed by atoms with van der Waals surface area (Å²) in [6.07, 6.45) is 4.89. The molecule has 0 aromatic carbocycles. The summed E-state index contributed by atoms with van der Waals surface area (Å²) in [5.74, 6) is 1.37. The third-order valence-corrected chi connectivity index (χ3v) is 4.04. The van der Waals surface area contributed by atoms with Crippen molar-refractivity contribution in [1.29, 1.82) is 0 Å². The Morgan fingerprint density at radius 2 is 2.12 bits per heavy atom. The maximum Gasteiger partial charge on any atom is 0.0434 e. The molecule has 0 bridgehead atoms. The lowest BCUT2D eigenvalue weighted by Crippen LogP contribution is -2.43. The molecule has 96 valence electrons. The van der Waals surface area contributed by atoms with Crippen LogP contribution in [0.15, 0.2) is 0 Å². The fourth-order valence-electron chi connectivity index (χ4n) is 2.92. The Hall–Kier alpha value is -0.0800. The summed E-state index contributed by atoms with van der Waals surface area (Å²) in [6.45, 7) is 10.7. The number of hydrogen-bond acceptors (Lipinski definition) is 2. The molecule has 2 heteroatoms. The van der Waals surface area contributed by atoms with Gasteiger partial charge in [-0.3, -0.25) is 0 Å². The summed E-state index contributed by atoms with van der Waals surface area (Å²) in [6, 6.07) is 0.689. The molecule has 3 unspecified atom stereocenters. The van der Waals surface area contributed by atoms with Crippen LogP contribution in [0, 0.1) is 17.3 Å². The molecule has 1 fully saturated rings. The third kappa shape index (κ3) is 4.42. The van der Waals surface area contributed by atoms with Crippen LogP contribution in [0.3, 0.4) is 0 Å². The van der Waals surface area contributed by atoms with Crippen molar-refractivity contribution < 1.29 is 5.11 Å². The van der Waals surface area contributed by atoms with Gasteiger partial charge in [-0.05, 0) is 49.5 Å².